The maximum atomic E-state index is 8.69. The van der Waals surface area contributed by atoms with Crippen molar-refractivity contribution in [2.24, 2.45) is 0 Å². The Morgan fingerprint density at radius 2 is 2.62 bits per heavy atom. The highest BCUT2D eigenvalue weighted by Gasteiger charge is 1.94. The minimum atomic E-state index is 0.727. The van der Waals surface area contributed by atoms with Gasteiger partial charge in [-0.15, -0.1) is 5.10 Å². The lowest BCUT2D eigenvalue weighted by atomic mass is 10.4. The molecule has 0 unspecified atom stereocenters. The summed E-state index contributed by atoms with van der Waals surface area (Å²) in [7, 11) is 0. The van der Waals surface area contributed by atoms with Crippen LogP contribution in [-0.4, -0.2) is 20.4 Å². The second-order valence-corrected chi connectivity index (χ2v) is 1.47. The van der Waals surface area contributed by atoms with Crippen LogP contribution in [0.15, 0.2) is 6.20 Å². The van der Waals surface area contributed by atoms with E-state index in [1.807, 2.05) is 6.92 Å². The van der Waals surface area contributed by atoms with Crippen molar-refractivity contribution in [2.45, 2.75) is 13.3 Å². The van der Waals surface area contributed by atoms with Crippen molar-refractivity contribution in [1.29, 1.82) is 0 Å². The lowest BCUT2D eigenvalue weighted by molar-refractivity contribution is 0.135. The van der Waals surface area contributed by atoms with Gasteiger partial charge in [-0.1, -0.05) is 11.8 Å². The molecule has 0 atom stereocenters. The molecule has 0 amide bonds. The maximum Gasteiger partial charge on any atom is 0.0999 e. The molecule has 0 bridgehead atoms. The first-order chi connectivity index (χ1) is 3.84. The van der Waals surface area contributed by atoms with Crippen molar-refractivity contribution < 1.29 is 5.21 Å². The van der Waals surface area contributed by atoms with E-state index in [9.17, 15) is 0 Å². The highest BCUT2D eigenvalue weighted by molar-refractivity contribution is 4.89. The first-order valence-corrected chi connectivity index (χ1v) is 2.43. The average Bonchev–Trinajstić information content (AvgIpc) is 2.14. The van der Waals surface area contributed by atoms with Gasteiger partial charge in [0.05, 0.1) is 11.9 Å². The summed E-state index contributed by atoms with van der Waals surface area (Å²) in [4.78, 5) is 0.778. The largest absolute Gasteiger partial charge is 0.410 e. The molecule has 4 heteroatoms. The first kappa shape index (κ1) is 5.08. The van der Waals surface area contributed by atoms with Crippen molar-refractivity contribution in [3.8, 4) is 0 Å². The zero-order chi connectivity index (χ0) is 5.98. The van der Waals surface area contributed by atoms with Crippen LogP contribution in [-0.2, 0) is 6.42 Å². The molecule has 4 nitrogen and oxygen atoms in total. The van der Waals surface area contributed by atoms with Crippen molar-refractivity contribution in [3.63, 3.8) is 0 Å². The topological polar surface area (TPSA) is 50.9 Å². The Morgan fingerprint density at radius 1 is 1.88 bits per heavy atom. The molecule has 0 saturated heterocycles. The molecule has 1 N–H and O–H groups in total. The van der Waals surface area contributed by atoms with Gasteiger partial charge in [0.25, 0.3) is 0 Å². The standard InChI is InChI=1S/C4H7N3O/c1-2-4-3-5-6-7(4)8/h3,8H,2H2,1H3. The molecule has 0 aromatic carbocycles. The van der Waals surface area contributed by atoms with E-state index in [4.69, 9.17) is 5.21 Å². The molecule has 8 heavy (non-hydrogen) atoms. The predicted octanol–water partition coefficient (Wildman–Crippen LogP) is 0.0778. The number of hydrogen-bond donors (Lipinski definition) is 1. The van der Waals surface area contributed by atoms with E-state index < -0.39 is 0 Å². The fraction of sp³-hybridized carbons (Fsp3) is 0.500. The molecule has 0 spiro atoms. The van der Waals surface area contributed by atoms with Gasteiger partial charge in [-0.3, -0.25) is 0 Å². The second-order valence-electron chi connectivity index (χ2n) is 1.47. The molecular formula is C4H7N3O. The summed E-state index contributed by atoms with van der Waals surface area (Å²) in [5.74, 6) is 0. The minimum absolute atomic E-state index is 0.727. The Morgan fingerprint density at radius 3 is 2.88 bits per heavy atom. The fourth-order valence-electron chi connectivity index (χ4n) is 0.483. The summed E-state index contributed by atoms with van der Waals surface area (Å²) in [5, 5.41) is 15.5. The molecule has 0 aliphatic carbocycles. The van der Waals surface area contributed by atoms with Gasteiger partial charge in [-0.05, 0) is 11.6 Å². The molecule has 44 valence electrons. The van der Waals surface area contributed by atoms with Crippen molar-refractivity contribution in [1.82, 2.24) is 15.2 Å². The van der Waals surface area contributed by atoms with Gasteiger partial charge in [-0.2, -0.15) is 0 Å². The van der Waals surface area contributed by atoms with Crippen molar-refractivity contribution in [2.75, 3.05) is 0 Å². The monoisotopic (exact) mass is 113 g/mol. The highest BCUT2D eigenvalue weighted by atomic mass is 16.5. The molecule has 0 saturated carbocycles. The van der Waals surface area contributed by atoms with Gasteiger partial charge < -0.3 is 5.21 Å². The lowest BCUT2D eigenvalue weighted by Gasteiger charge is -1.88. The molecule has 0 fully saturated rings. The molecule has 0 aliphatic heterocycles. The summed E-state index contributed by atoms with van der Waals surface area (Å²) in [6, 6.07) is 0. The Bertz CT molecular complexity index is 172. The fourth-order valence-corrected chi connectivity index (χ4v) is 0.483. The van der Waals surface area contributed by atoms with Crippen LogP contribution in [0.5, 0.6) is 0 Å². The number of aryl methyl sites for hydroxylation is 1. The quantitative estimate of drug-likeness (QED) is 0.524. The summed E-state index contributed by atoms with van der Waals surface area (Å²) in [6.07, 6.45) is 2.28. The van der Waals surface area contributed by atoms with Crippen LogP contribution >= 0.6 is 0 Å². The smallest absolute Gasteiger partial charge is 0.0999 e. The van der Waals surface area contributed by atoms with Crippen LogP contribution in [0, 0.1) is 0 Å². The molecule has 1 heterocycles. The van der Waals surface area contributed by atoms with Crippen LogP contribution in [0.4, 0.5) is 0 Å². The van der Waals surface area contributed by atoms with E-state index in [1.54, 1.807) is 0 Å². The first-order valence-electron chi connectivity index (χ1n) is 2.43. The van der Waals surface area contributed by atoms with Gasteiger partial charge in [0.1, 0.15) is 0 Å². The van der Waals surface area contributed by atoms with Crippen LogP contribution in [0.2, 0.25) is 0 Å². The van der Waals surface area contributed by atoms with E-state index in [-0.39, 0.29) is 0 Å². The molecular weight excluding hydrogens is 106 g/mol. The molecule has 0 radical (unpaired) electrons. The zero-order valence-electron chi connectivity index (χ0n) is 4.57. The van der Waals surface area contributed by atoms with Crippen molar-refractivity contribution in [3.05, 3.63) is 11.9 Å². The lowest BCUT2D eigenvalue weighted by Crippen LogP contribution is -1.97. The number of aromatic nitrogens is 3. The van der Waals surface area contributed by atoms with Crippen LogP contribution < -0.4 is 0 Å². The third kappa shape index (κ3) is 0.641. The Kier molecular flexibility index (Phi) is 1.15. The average molecular weight is 113 g/mol. The molecule has 1 aromatic heterocycles. The van der Waals surface area contributed by atoms with E-state index in [0.29, 0.717) is 0 Å². The highest BCUT2D eigenvalue weighted by Crippen LogP contribution is 1.90. The van der Waals surface area contributed by atoms with Gasteiger partial charge in [-0.25, -0.2) is 0 Å². The number of hydrogen-bond acceptors (Lipinski definition) is 3. The van der Waals surface area contributed by atoms with Gasteiger partial charge in [0.15, 0.2) is 0 Å². The van der Waals surface area contributed by atoms with Crippen LogP contribution in [0.3, 0.4) is 0 Å². The number of rotatable bonds is 1. The van der Waals surface area contributed by atoms with E-state index in [0.717, 1.165) is 17.0 Å². The van der Waals surface area contributed by atoms with E-state index in [2.05, 4.69) is 10.3 Å². The third-order valence-electron chi connectivity index (χ3n) is 0.962. The Hall–Kier alpha value is -1.06. The Labute approximate surface area is 46.7 Å². The van der Waals surface area contributed by atoms with Crippen LogP contribution in [0.1, 0.15) is 12.6 Å². The SMILES string of the molecule is CCc1cnnn1O. The Balaban J connectivity index is 2.92. The third-order valence-corrected chi connectivity index (χ3v) is 0.962. The van der Waals surface area contributed by atoms with Crippen molar-refractivity contribution >= 4 is 0 Å². The normalized spacial score (nSPS) is 9.62. The molecule has 1 rings (SSSR count). The second kappa shape index (κ2) is 1.81. The van der Waals surface area contributed by atoms with Gasteiger partial charge in [0.2, 0.25) is 0 Å². The zero-order valence-corrected chi connectivity index (χ0v) is 4.57. The molecule has 1 aromatic rings. The van der Waals surface area contributed by atoms with Crippen LogP contribution in [0.25, 0.3) is 0 Å². The minimum Gasteiger partial charge on any atom is -0.410 e. The van der Waals surface area contributed by atoms with E-state index >= 15 is 0 Å². The van der Waals surface area contributed by atoms with E-state index in [1.165, 1.54) is 6.20 Å². The maximum absolute atomic E-state index is 8.69. The summed E-state index contributed by atoms with van der Waals surface area (Å²) < 4.78 is 0. The number of nitrogens with zero attached hydrogens (tertiary/aromatic N) is 3. The summed E-state index contributed by atoms with van der Waals surface area (Å²) >= 11 is 0. The predicted molar refractivity (Wildman–Crippen MR) is 26.6 cm³/mol. The molecule has 0 aliphatic rings. The van der Waals surface area contributed by atoms with Gasteiger partial charge in [0, 0.05) is 0 Å². The summed E-state index contributed by atoms with van der Waals surface area (Å²) in [5.41, 5.74) is 0.727. The summed E-state index contributed by atoms with van der Waals surface area (Å²) in [6.45, 7) is 1.92. The van der Waals surface area contributed by atoms with Gasteiger partial charge >= 0.3 is 0 Å².